The topological polar surface area (TPSA) is 24.7 Å². The number of hydrogen-bond donors (Lipinski definition) is 0. The van der Waals surface area contributed by atoms with E-state index in [0.29, 0.717) is 0 Å². The molecule has 228 valence electrons. The quantitative estimate of drug-likeness (QED) is 0.0690. The van der Waals surface area contributed by atoms with E-state index in [0.717, 1.165) is 29.9 Å². The van der Waals surface area contributed by atoms with Crippen LogP contribution in [0.25, 0.3) is 6.08 Å². The summed E-state index contributed by atoms with van der Waals surface area (Å²) >= 11 is 0. The van der Waals surface area contributed by atoms with Gasteiger partial charge in [0.2, 0.25) is 0 Å². The van der Waals surface area contributed by atoms with Crippen molar-refractivity contribution in [3.63, 3.8) is 0 Å². The van der Waals surface area contributed by atoms with Crippen LogP contribution in [0.3, 0.4) is 0 Å². The van der Waals surface area contributed by atoms with Crippen molar-refractivity contribution in [3.05, 3.63) is 78.4 Å². The molecule has 0 radical (unpaired) electrons. The first kappa shape index (κ1) is 36.8. The molecule has 0 bridgehead atoms. The van der Waals surface area contributed by atoms with Gasteiger partial charge < -0.3 is 0 Å². The molecule has 2 nitrogen and oxygen atoms in total. The molecule has 2 aromatic carbocycles. The summed E-state index contributed by atoms with van der Waals surface area (Å²) in [6, 6.07) is 18.6. The van der Waals surface area contributed by atoms with Crippen molar-refractivity contribution in [2.45, 2.75) is 129 Å². The van der Waals surface area contributed by atoms with E-state index in [2.05, 4.69) is 67.4 Å². The van der Waals surface area contributed by atoms with Gasteiger partial charge in [0.05, 0.1) is 23.3 Å². The summed E-state index contributed by atoms with van der Waals surface area (Å²) in [6.07, 6.45) is 34.9. The number of aliphatic imine (C=N–C) groups is 2. The predicted molar refractivity (Wildman–Crippen MR) is 181 cm³/mol. The SMILES string of the molecule is CCCCCCCC=Cc1ccc(N=C(C=CCCCCCCCCCCCCC)C=Nc2ccccc2)cc1.[Ni]. The Kier molecular flexibility index (Phi) is 23.9. The molecule has 41 heavy (non-hydrogen) atoms. The summed E-state index contributed by atoms with van der Waals surface area (Å²) in [7, 11) is 0. The third-order valence-corrected chi connectivity index (χ3v) is 7.30. The first-order chi connectivity index (χ1) is 19.8. The predicted octanol–water partition coefficient (Wildman–Crippen LogP) is 12.8. The smallest absolute Gasteiger partial charge is 0.0816 e. The zero-order chi connectivity index (χ0) is 28.4. The second kappa shape index (κ2) is 26.6. The molecule has 0 aliphatic heterocycles. The number of rotatable bonds is 23. The van der Waals surface area contributed by atoms with Gasteiger partial charge in [0, 0.05) is 16.5 Å². The summed E-state index contributed by atoms with van der Waals surface area (Å²) in [6.45, 7) is 4.55. The summed E-state index contributed by atoms with van der Waals surface area (Å²) in [5, 5.41) is 0. The zero-order valence-corrected chi connectivity index (χ0v) is 27.0. The van der Waals surface area contributed by atoms with Crippen LogP contribution in [0.1, 0.15) is 135 Å². The monoisotopic (exact) mass is 598 g/mol. The van der Waals surface area contributed by atoms with Crippen molar-refractivity contribution < 1.29 is 16.5 Å². The molecular formula is C38H56N2Ni. The molecule has 0 aliphatic rings. The summed E-state index contributed by atoms with van der Waals surface area (Å²) in [4.78, 5) is 9.56. The van der Waals surface area contributed by atoms with E-state index in [9.17, 15) is 0 Å². The van der Waals surface area contributed by atoms with Crippen LogP contribution in [0.15, 0.2) is 82.8 Å². The van der Waals surface area contributed by atoms with Gasteiger partial charge in [-0.15, -0.1) is 0 Å². The van der Waals surface area contributed by atoms with Crippen LogP contribution in [0.2, 0.25) is 0 Å². The van der Waals surface area contributed by atoms with Crippen molar-refractivity contribution in [1.29, 1.82) is 0 Å². The molecule has 0 amide bonds. The Balaban J connectivity index is 0.00000840. The molecule has 0 aromatic heterocycles. The van der Waals surface area contributed by atoms with Crippen LogP contribution < -0.4 is 0 Å². The molecule has 0 fully saturated rings. The van der Waals surface area contributed by atoms with Crippen molar-refractivity contribution in [2.75, 3.05) is 0 Å². The standard InChI is InChI=1S/C38H56N2.Ni/c1-3-5-7-9-11-12-13-14-15-16-18-20-23-29-38(34-39-36-27-24-21-25-28-36)40-37-32-30-35(31-33-37)26-22-19-17-10-8-6-4-2;/h21-34H,3-20H2,1-2H3;. The van der Waals surface area contributed by atoms with Gasteiger partial charge in [0.25, 0.3) is 0 Å². The maximum atomic E-state index is 4.90. The average molecular weight is 600 g/mol. The van der Waals surface area contributed by atoms with Crippen LogP contribution in [0.5, 0.6) is 0 Å². The summed E-state index contributed by atoms with van der Waals surface area (Å²) in [5.74, 6) is 0. The molecule has 0 N–H and O–H groups in total. The average Bonchev–Trinajstić information content (AvgIpc) is 2.99. The number of hydrogen-bond acceptors (Lipinski definition) is 2. The molecule has 0 heterocycles. The molecule has 2 rings (SSSR count). The fourth-order valence-corrected chi connectivity index (χ4v) is 4.79. The van der Waals surface area contributed by atoms with E-state index in [1.807, 2.05) is 36.5 Å². The molecular weight excluding hydrogens is 543 g/mol. The fourth-order valence-electron chi connectivity index (χ4n) is 4.79. The minimum Gasteiger partial charge on any atom is -0.255 e. The molecule has 3 heteroatoms. The van der Waals surface area contributed by atoms with Gasteiger partial charge in [0.15, 0.2) is 0 Å². The minimum absolute atomic E-state index is 0. The number of unbranched alkanes of at least 4 members (excludes halogenated alkanes) is 16. The van der Waals surface area contributed by atoms with Gasteiger partial charge in [-0.1, -0.05) is 152 Å². The zero-order valence-electron chi connectivity index (χ0n) is 26.0. The maximum absolute atomic E-state index is 4.90. The van der Waals surface area contributed by atoms with Gasteiger partial charge in [-0.2, -0.15) is 0 Å². The molecule has 0 atom stereocenters. The van der Waals surface area contributed by atoms with Crippen LogP contribution in [-0.4, -0.2) is 11.9 Å². The van der Waals surface area contributed by atoms with E-state index < -0.39 is 0 Å². The normalized spacial score (nSPS) is 12.1. The molecule has 0 spiro atoms. The second-order valence-electron chi connectivity index (χ2n) is 11.1. The van der Waals surface area contributed by atoms with E-state index in [4.69, 9.17) is 4.99 Å². The Hall–Kier alpha value is -2.25. The van der Waals surface area contributed by atoms with Crippen molar-refractivity contribution in [3.8, 4) is 0 Å². The van der Waals surface area contributed by atoms with Gasteiger partial charge >= 0.3 is 0 Å². The van der Waals surface area contributed by atoms with Crippen molar-refractivity contribution in [1.82, 2.24) is 0 Å². The molecule has 0 aliphatic carbocycles. The van der Waals surface area contributed by atoms with Gasteiger partial charge in [-0.25, -0.2) is 4.99 Å². The minimum atomic E-state index is 0. The first-order valence-electron chi connectivity index (χ1n) is 16.4. The number of allylic oxidation sites excluding steroid dienone is 3. The van der Waals surface area contributed by atoms with E-state index in [1.54, 1.807) is 0 Å². The van der Waals surface area contributed by atoms with Crippen LogP contribution in [0, 0.1) is 0 Å². The number of nitrogens with zero attached hydrogens (tertiary/aromatic N) is 2. The summed E-state index contributed by atoms with van der Waals surface area (Å²) in [5.41, 5.74) is 4.04. The number of benzene rings is 2. The van der Waals surface area contributed by atoms with E-state index in [-0.39, 0.29) is 16.5 Å². The first-order valence-corrected chi connectivity index (χ1v) is 16.4. The molecule has 0 unspecified atom stereocenters. The molecule has 0 saturated heterocycles. The second-order valence-corrected chi connectivity index (χ2v) is 11.1. The van der Waals surface area contributed by atoms with Crippen molar-refractivity contribution in [2.24, 2.45) is 9.98 Å². The van der Waals surface area contributed by atoms with Crippen LogP contribution >= 0.6 is 0 Å². The Labute approximate surface area is 262 Å². The Morgan fingerprint density at radius 3 is 1.63 bits per heavy atom. The molecule has 0 saturated carbocycles. The Bertz CT molecular complexity index is 973. The van der Waals surface area contributed by atoms with Gasteiger partial charge in [-0.3, -0.25) is 4.99 Å². The van der Waals surface area contributed by atoms with Crippen LogP contribution in [0.4, 0.5) is 11.4 Å². The van der Waals surface area contributed by atoms with E-state index >= 15 is 0 Å². The third-order valence-electron chi connectivity index (χ3n) is 7.30. The number of para-hydroxylation sites is 1. The maximum Gasteiger partial charge on any atom is 0.0816 e. The molecule has 2 aromatic rings. The Morgan fingerprint density at radius 1 is 0.561 bits per heavy atom. The third kappa shape index (κ3) is 20.3. The van der Waals surface area contributed by atoms with Gasteiger partial charge in [-0.05, 0) is 61.6 Å². The summed E-state index contributed by atoms with van der Waals surface area (Å²) < 4.78 is 0. The van der Waals surface area contributed by atoms with Crippen molar-refractivity contribution >= 4 is 29.4 Å². The van der Waals surface area contributed by atoms with E-state index in [1.165, 1.54) is 108 Å². The Morgan fingerprint density at radius 2 is 1.07 bits per heavy atom. The van der Waals surface area contributed by atoms with Gasteiger partial charge in [0.1, 0.15) is 0 Å². The fraction of sp³-hybridized carbons (Fsp3) is 0.526. The largest absolute Gasteiger partial charge is 0.255 e. The van der Waals surface area contributed by atoms with Crippen LogP contribution in [-0.2, 0) is 16.5 Å².